The van der Waals surface area contributed by atoms with Gasteiger partial charge in [0.25, 0.3) is 5.69 Å². The smallest absolute Gasteiger partial charge is 1.00 e. The number of benzene rings is 1. The fraction of sp³-hybridized carbons (Fsp3) is 0. The number of carboxylic acid groups (broad SMARTS) is 1. The van der Waals surface area contributed by atoms with Crippen LogP contribution >= 0.6 is 0 Å². The molecule has 1 aromatic rings. The first-order valence-electron chi connectivity index (χ1n) is 3.75. The van der Waals surface area contributed by atoms with Gasteiger partial charge in [0.05, 0.1) is 4.92 Å². The van der Waals surface area contributed by atoms with Crippen molar-refractivity contribution in [2.45, 2.75) is 0 Å². The third kappa shape index (κ3) is 4.92. The number of carboxylic acids is 1. The molecule has 0 aromatic heterocycles. The van der Waals surface area contributed by atoms with E-state index in [2.05, 4.69) is 0 Å². The first-order valence-corrected chi connectivity index (χ1v) is 3.75. The minimum Gasteiger partial charge on any atom is -1.00 e. The van der Waals surface area contributed by atoms with Gasteiger partial charge in [-0.1, -0.05) is 0 Å². The van der Waals surface area contributed by atoms with Crippen LogP contribution in [0.4, 0.5) is 5.69 Å². The zero-order valence-electron chi connectivity index (χ0n) is 9.79. The zero-order valence-corrected chi connectivity index (χ0v) is 10.00. The number of rotatable bonds is 3. The second-order valence-electron chi connectivity index (χ2n) is 2.52. The summed E-state index contributed by atoms with van der Waals surface area (Å²) in [5, 5.41) is 18.6. The molecule has 76 valence electrons. The van der Waals surface area contributed by atoms with Crippen LogP contribution in [0.5, 0.6) is 0 Å². The number of hydrogen-bond acceptors (Lipinski definition) is 3. The Labute approximate surface area is 119 Å². The molecule has 0 radical (unpaired) electrons. The molecule has 0 amide bonds. The van der Waals surface area contributed by atoms with E-state index in [0.717, 1.165) is 6.08 Å². The van der Waals surface area contributed by atoms with Crippen molar-refractivity contribution >= 4 is 55.5 Å². The fourth-order valence-electron chi connectivity index (χ4n) is 0.875. The van der Waals surface area contributed by atoms with Gasteiger partial charge in [-0.2, -0.15) is 0 Å². The van der Waals surface area contributed by atoms with Crippen LogP contribution in [0.3, 0.4) is 0 Å². The van der Waals surface area contributed by atoms with E-state index in [1.54, 1.807) is 0 Å². The summed E-state index contributed by atoms with van der Waals surface area (Å²) in [6.45, 7) is 0. The van der Waals surface area contributed by atoms with Crippen LogP contribution in [0, 0.1) is 10.1 Å². The summed E-state index contributed by atoms with van der Waals surface area (Å²) in [5.41, 5.74) is 0.593. The number of nitro groups is 1. The molecule has 0 heterocycles. The van der Waals surface area contributed by atoms with Crippen LogP contribution in [0.25, 0.3) is 6.08 Å². The van der Waals surface area contributed by atoms with Gasteiger partial charge < -0.3 is 7.96 Å². The van der Waals surface area contributed by atoms with E-state index in [9.17, 15) is 14.9 Å². The van der Waals surface area contributed by atoms with E-state index in [1.165, 1.54) is 30.3 Å². The van der Waals surface area contributed by atoms with Gasteiger partial charge in [0.1, 0.15) is 0 Å². The molecule has 0 unspecified atom stereocenters. The van der Waals surface area contributed by atoms with Crippen molar-refractivity contribution in [2.75, 3.05) is 0 Å². The molecule has 0 saturated heterocycles. The minimum atomic E-state index is -1.05. The molecular weight excluding hydrogens is 226 g/mol. The van der Waals surface area contributed by atoms with E-state index in [4.69, 9.17) is 5.11 Å². The summed E-state index contributed by atoms with van der Waals surface area (Å²) in [4.78, 5) is 19.9. The van der Waals surface area contributed by atoms with Crippen molar-refractivity contribution in [1.29, 1.82) is 0 Å². The average molecular weight is 235 g/mol. The summed E-state index contributed by atoms with van der Waals surface area (Å²) in [5.74, 6) is -1.05. The Bertz CT molecular complexity index is 394. The van der Waals surface area contributed by atoms with Crippen LogP contribution in [0.2, 0.25) is 0 Å². The third-order valence-corrected chi connectivity index (χ3v) is 1.52. The first kappa shape index (κ1) is 14.1. The summed E-state index contributed by atoms with van der Waals surface area (Å²) in [7, 11) is 0. The maximum absolute atomic E-state index is 10.3. The van der Waals surface area contributed by atoms with Crippen molar-refractivity contribution in [3.63, 3.8) is 0 Å². The number of nitro benzene ring substituents is 1. The number of aliphatic carboxylic acids is 1. The predicted octanol–water partition coefficient (Wildman–Crippen LogP) is 1.54. The molecule has 0 saturated carbocycles. The summed E-state index contributed by atoms with van der Waals surface area (Å²) >= 11 is 0. The molecule has 1 aromatic carbocycles. The molecule has 0 aliphatic carbocycles. The van der Waals surface area contributed by atoms with Crippen LogP contribution < -0.4 is 0 Å². The van der Waals surface area contributed by atoms with E-state index in [0.29, 0.717) is 5.56 Å². The number of hydrogen-bond donors (Lipinski definition) is 1. The normalized spacial score (nSPS) is 9.60. The zero-order chi connectivity index (χ0) is 10.6. The molecule has 1 N–H and O–H groups in total. The average Bonchev–Trinajstić information content (AvgIpc) is 2.15. The van der Waals surface area contributed by atoms with Crippen LogP contribution in [-0.2, 0) is 4.79 Å². The van der Waals surface area contributed by atoms with Crippen molar-refractivity contribution in [3.8, 4) is 0 Å². The molecule has 15 heavy (non-hydrogen) atoms. The maximum Gasteiger partial charge on any atom is 2.00 e. The van der Waals surface area contributed by atoms with E-state index in [1.807, 2.05) is 0 Å². The Kier molecular flexibility index (Phi) is 6.15. The molecule has 0 aliphatic heterocycles. The predicted molar refractivity (Wildman–Crippen MR) is 57.7 cm³/mol. The van der Waals surface area contributed by atoms with Crippen molar-refractivity contribution in [1.82, 2.24) is 0 Å². The Morgan fingerprint density at radius 1 is 1.40 bits per heavy atom. The fourth-order valence-corrected chi connectivity index (χ4v) is 0.875. The molecule has 0 bridgehead atoms. The third-order valence-electron chi connectivity index (χ3n) is 1.52. The van der Waals surface area contributed by atoms with Crippen LogP contribution in [-0.4, -0.2) is 53.7 Å². The number of nitrogens with zero attached hydrogens (tertiary/aromatic N) is 1. The van der Waals surface area contributed by atoms with E-state index < -0.39 is 10.9 Å². The monoisotopic (exact) mass is 235 g/mol. The number of carbonyl (C=O) groups is 1. The molecule has 5 nitrogen and oxygen atoms in total. The summed E-state index contributed by atoms with van der Waals surface area (Å²) in [6.07, 6.45) is 2.34. The van der Waals surface area contributed by atoms with Gasteiger partial charge in [-0.15, -0.1) is 0 Å². The Balaban J connectivity index is -0.000000653. The Morgan fingerprint density at radius 2 is 1.93 bits per heavy atom. The minimum absolute atomic E-state index is 0. The molecular formula is C9H9CaNO4. The molecule has 0 fully saturated rings. The molecule has 6 heteroatoms. The topological polar surface area (TPSA) is 80.4 Å². The molecule has 0 aliphatic rings. The standard InChI is InChI=1S/C9H7NO4.Ca.2H/c11-9(12)6-3-7-1-4-8(5-2-7)10(13)14;;;/h1-6H,(H,11,12);;;/q;+2;2*-1. The number of non-ortho nitro benzene ring substituents is 1. The van der Waals surface area contributed by atoms with Crippen LogP contribution in [0.15, 0.2) is 30.3 Å². The first-order chi connectivity index (χ1) is 6.59. The molecule has 1 rings (SSSR count). The van der Waals surface area contributed by atoms with Gasteiger partial charge in [0, 0.05) is 18.2 Å². The molecule has 0 atom stereocenters. The van der Waals surface area contributed by atoms with Crippen molar-refractivity contribution in [3.05, 3.63) is 46.0 Å². The SMILES string of the molecule is O=C(O)C=Cc1ccc([N+](=O)[O-])cc1.[Ca+2].[H-].[H-]. The van der Waals surface area contributed by atoms with E-state index in [-0.39, 0.29) is 46.3 Å². The summed E-state index contributed by atoms with van der Waals surface area (Å²) < 4.78 is 0. The van der Waals surface area contributed by atoms with Gasteiger partial charge in [-0.3, -0.25) is 10.1 Å². The largest absolute Gasteiger partial charge is 2.00 e. The van der Waals surface area contributed by atoms with Gasteiger partial charge in [0.15, 0.2) is 0 Å². The molecule has 0 spiro atoms. The van der Waals surface area contributed by atoms with Gasteiger partial charge >= 0.3 is 43.7 Å². The van der Waals surface area contributed by atoms with E-state index >= 15 is 0 Å². The quantitative estimate of drug-likeness (QED) is 0.373. The van der Waals surface area contributed by atoms with Gasteiger partial charge in [-0.05, 0) is 23.8 Å². The maximum atomic E-state index is 10.3. The Morgan fingerprint density at radius 3 is 2.33 bits per heavy atom. The second kappa shape index (κ2) is 6.55. The van der Waals surface area contributed by atoms with Gasteiger partial charge in [0.2, 0.25) is 0 Å². The van der Waals surface area contributed by atoms with Crippen molar-refractivity contribution < 1.29 is 17.7 Å². The van der Waals surface area contributed by atoms with Crippen LogP contribution in [0.1, 0.15) is 8.42 Å². The van der Waals surface area contributed by atoms with Gasteiger partial charge in [-0.25, -0.2) is 4.79 Å². The van der Waals surface area contributed by atoms with Crippen molar-refractivity contribution in [2.24, 2.45) is 0 Å². The summed E-state index contributed by atoms with van der Waals surface area (Å²) in [6, 6.07) is 5.61. The second-order valence-corrected chi connectivity index (χ2v) is 2.52. The Hall–Kier alpha value is -0.910.